The van der Waals surface area contributed by atoms with Crippen LogP contribution >= 0.6 is 0 Å². The van der Waals surface area contributed by atoms with E-state index < -0.39 is 0 Å². The number of piperidine rings is 1. The molecule has 7 heteroatoms. The number of benzene rings is 2. The van der Waals surface area contributed by atoms with Crippen LogP contribution in [0.25, 0.3) is 11.4 Å². The van der Waals surface area contributed by atoms with Gasteiger partial charge in [-0.15, -0.1) is 0 Å². The highest BCUT2D eigenvalue weighted by molar-refractivity contribution is 5.94. The van der Waals surface area contributed by atoms with Gasteiger partial charge in [0.1, 0.15) is 11.9 Å². The lowest BCUT2D eigenvalue weighted by Crippen LogP contribution is -2.37. The van der Waals surface area contributed by atoms with E-state index >= 15 is 0 Å². The lowest BCUT2D eigenvalue weighted by molar-refractivity contribution is 0.0792. The highest BCUT2D eigenvalue weighted by Gasteiger charge is 2.23. The summed E-state index contributed by atoms with van der Waals surface area (Å²) in [4.78, 5) is 21.3. The highest BCUT2D eigenvalue weighted by Crippen LogP contribution is 2.22. The first kappa shape index (κ1) is 20.7. The molecule has 2 aliphatic heterocycles. The molecule has 166 valence electrons. The van der Waals surface area contributed by atoms with Crippen molar-refractivity contribution in [3.8, 4) is 17.1 Å². The van der Waals surface area contributed by atoms with E-state index in [1.165, 1.54) is 0 Å². The van der Waals surface area contributed by atoms with E-state index in [2.05, 4.69) is 15.0 Å². The number of hydrogen-bond donors (Lipinski definition) is 0. The van der Waals surface area contributed by atoms with Gasteiger partial charge in [-0.25, -0.2) is 0 Å². The van der Waals surface area contributed by atoms with Crippen LogP contribution in [-0.4, -0.2) is 58.1 Å². The third kappa shape index (κ3) is 4.83. The Labute approximate surface area is 188 Å². The zero-order chi connectivity index (χ0) is 21.8. The molecule has 2 fully saturated rings. The molecule has 1 amide bonds. The van der Waals surface area contributed by atoms with Crippen molar-refractivity contribution in [2.24, 2.45) is 0 Å². The van der Waals surface area contributed by atoms with E-state index in [-0.39, 0.29) is 12.0 Å². The van der Waals surface area contributed by atoms with Crippen LogP contribution in [-0.2, 0) is 6.54 Å². The third-order valence-electron chi connectivity index (χ3n) is 6.19. The fraction of sp³-hybridized carbons (Fsp3) is 0.400. The quantitative estimate of drug-likeness (QED) is 0.586. The van der Waals surface area contributed by atoms with Crippen LogP contribution in [0.3, 0.4) is 0 Å². The van der Waals surface area contributed by atoms with E-state index in [1.807, 2.05) is 59.5 Å². The molecular formula is C25H28N4O3. The lowest BCUT2D eigenvalue weighted by atomic mass is 10.1. The van der Waals surface area contributed by atoms with E-state index in [0.717, 1.165) is 68.7 Å². The molecule has 0 aliphatic carbocycles. The maximum Gasteiger partial charge on any atom is 0.253 e. The number of aromatic nitrogens is 2. The average molecular weight is 433 g/mol. The van der Waals surface area contributed by atoms with Crippen LogP contribution in [0.4, 0.5) is 0 Å². The van der Waals surface area contributed by atoms with Crippen LogP contribution in [0, 0.1) is 0 Å². The minimum Gasteiger partial charge on any atom is -0.490 e. The molecule has 0 N–H and O–H groups in total. The Morgan fingerprint density at radius 2 is 1.69 bits per heavy atom. The molecule has 3 aromatic rings. The number of likely N-dealkylation sites (tertiary alicyclic amines) is 2. The standard InChI is InChI=1S/C25H28N4O3/c30-25(29-14-4-5-15-29)20-8-10-21(11-9-20)31-22-12-16-28(17-13-22)18-23-26-24(27-32-23)19-6-2-1-3-7-19/h1-3,6-11,22H,4-5,12-18H2. The minimum absolute atomic E-state index is 0.124. The van der Waals surface area contributed by atoms with E-state index in [4.69, 9.17) is 9.26 Å². The Hall–Kier alpha value is -3.19. The highest BCUT2D eigenvalue weighted by atomic mass is 16.5. The fourth-order valence-electron chi connectivity index (χ4n) is 4.37. The molecular weight excluding hydrogens is 404 g/mol. The first-order chi connectivity index (χ1) is 15.7. The van der Waals surface area contributed by atoms with E-state index in [0.29, 0.717) is 18.3 Å². The first-order valence-corrected chi connectivity index (χ1v) is 11.4. The fourth-order valence-corrected chi connectivity index (χ4v) is 4.37. The molecule has 3 heterocycles. The SMILES string of the molecule is O=C(c1ccc(OC2CCN(Cc3nc(-c4ccccc4)no3)CC2)cc1)N1CCCC1. The summed E-state index contributed by atoms with van der Waals surface area (Å²) in [6.45, 7) is 4.22. The smallest absolute Gasteiger partial charge is 0.253 e. The number of amides is 1. The molecule has 1 aromatic heterocycles. The van der Waals surface area contributed by atoms with Gasteiger partial charge in [0.05, 0.1) is 6.54 Å². The van der Waals surface area contributed by atoms with Gasteiger partial charge < -0.3 is 14.2 Å². The number of carbonyl (C=O) groups excluding carboxylic acids is 1. The zero-order valence-electron chi connectivity index (χ0n) is 18.2. The van der Waals surface area contributed by atoms with E-state index in [1.54, 1.807) is 0 Å². The number of hydrogen-bond acceptors (Lipinski definition) is 6. The molecule has 32 heavy (non-hydrogen) atoms. The van der Waals surface area contributed by atoms with Gasteiger partial charge in [-0.3, -0.25) is 9.69 Å². The van der Waals surface area contributed by atoms with Crippen LogP contribution < -0.4 is 4.74 Å². The molecule has 0 saturated carbocycles. The Kier molecular flexibility index (Phi) is 6.16. The van der Waals surface area contributed by atoms with Crippen LogP contribution in [0.15, 0.2) is 59.1 Å². The lowest BCUT2D eigenvalue weighted by Gasteiger charge is -2.31. The topological polar surface area (TPSA) is 71.7 Å². The summed E-state index contributed by atoms with van der Waals surface area (Å²) in [7, 11) is 0. The molecule has 2 saturated heterocycles. The van der Waals surface area contributed by atoms with Crippen molar-refractivity contribution in [3.63, 3.8) is 0 Å². The maximum absolute atomic E-state index is 12.5. The van der Waals surface area contributed by atoms with Gasteiger partial charge in [0, 0.05) is 37.3 Å². The Balaban J connectivity index is 1.10. The monoisotopic (exact) mass is 432 g/mol. The summed E-state index contributed by atoms with van der Waals surface area (Å²) in [6.07, 6.45) is 4.26. The van der Waals surface area contributed by atoms with Crippen molar-refractivity contribution in [1.82, 2.24) is 19.9 Å². The number of nitrogens with zero attached hydrogens (tertiary/aromatic N) is 4. The van der Waals surface area contributed by atoms with E-state index in [9.17, 15) is 4.79 Å². The van der Waals surface area contributed by atoms with Gasteiger partial charge in [-0.2, -0.15) is 4.98 Å². The van der Waals surface area contributed by atoms with Crippen molar-refractivity contribution in [3.05, 3.63) is 66.1 Å². The summed E-state index contributed by atoms with van der Waals surface area (Å²) in [5, 5.41) is 4.10. The number of carbonyl (C=O) groups is 1. The molecule has 0 atom stereocenters. The van der Waals surface area contributed by atoms with Crippen molar-refractivity contribution in [2.75, 3.05) is 26.2 Å². The van der Waals surface area contributed by atoms with Gasteiger partial charge in [0.25, 0.3) is 5.91 Å². The van der Waals surface area contributed by atoms with Crippen molar-refractivity contribution in [2.45, 2.75) is 38.3 Å². The molecule has 0 unspecified atom stereocenters. The summed E-state index contributed by atoms with van der Waals surface area (Å²) in [5.74, 6) is 2.22. The van der Waals surface area contributed by atoms with Crippen molar-refractivity contribution < 1.29 is 14.1 Å². The van der Waals surface area contributed by atoms with Gasteiger partial charge >= 0.3 is 0 Å². The van der Waals surface area contributed by atoms with Gasteiger partial charge in [-0.05, 0) is 49.9 Å². The normalized spacial score (nSPS) is 17.6. The first-order valence-electron chi connectivity index (χ1n) is 11.4. The average Bonchev–Trinajstić information content (AvgIpc) is 3.54. The predicted octanol–water partition coefficient (Wildman–Crippen LogP) is 4.02. The largest absolute Gasteiger partial charge is 0.490 e. The van der Waals surface area contributed by atoms with Crippen LogP contribution in [0.1, 0.15) is 41.9 Å². The molecule has 0 bridgehead atoms. The second-order valence-corrected chi connectivity index (χ2v) is 8.49. The minimum atomic E-state index is 0.124. The number of rotatable bonds is 6. The van der Waals surface area contributed by atoms with Crippen molar-refractivity contribution in [1.29, 1.82) is 0 Å². The van der Waals surface area contributed by atoms with Crippen LogP contribution in [0.5, 0.6) is 5.75 Å². The van der Waals surface area contributed by atoms with Crippen molar-refractivity contribution >= 4 is 5.91 Å². The Morgan fingerprint density at radius 3 is 2.41 bits per heavy atom. The Morgan fingerprint density at radius 1 is 0.969 bits per heavy atom. The summed E-state index contributed by atoms with van der Waals surface area (Å²) in [5.41, 5.74) is 1.70. The third-order valence-corrected chi connectivity index (χ3v) is 6.19. The second kappa shape index (κ2) is 9.53. The van der Waals surface area contributed by atoms with Gasteiger partial charge in [0.15, 0.2) is 0 Å². The van der Waals surface area contributed by atoms with Gasteiger partial charge in [0.2, 0.25) is 11.7 Å². The summed E-state index contributed by atoms with van der Waals surface area (Å²) in [6, 6.07) is 17.5. The predicted molar refractivity (Wildman–Crippen MR) is 120 cm³/mol. The Bertz CT molecular complexity index is 1020. The molecule has 5 rings (SSSR count). The molecule has 2 aliphatic rings. The summed E-state index contributed by atoms with van der Waals surface area (Å²) < 4.78 is 11.6. The molecule has 0 spiro atoms. The summed E-state index contributed by atoms with van der Waals surface area (Å²) >= 11 is 0. The molecule has 0 radical (unpaired) electrons. The molecule has 2 aromatic carbocycles. The second-order valence-electron chi connectivity index (χ2n) is 8.49. The number of ether oxygens (including phenoxy) is 1. The maximum atomic E-state index is 12.5. The zero-order valence-corrected chi connectivity index (χ0v) is 18.2. The molecule has 7 nitrogen and oxygen atoms in total. The van der Waals surface area contributed by atoms with Crippen LogP contribution in [0.2, 0.25) is 0 Å². The van der Waals surface area contributed by atoms with Gasteiger partial charge in [-0.1, -0.05) is 35.5 Å².